The molecule has 5 rings (SSSR count). The van der Waals surface area contributed by atoms with E-state index in [1.807, 2.05) is 39.0 Å². The van der Waals surface area contributed by atoms with E-state index in [0.717, 1.165) is 40.6 Å². The number of amides is 1. The van der Waals surface area contributed by atoms with Gasteiger partial charge < -0.3 is 20.7 Å². The van der Waals surface area contributed by atoms with Gasteiger partial charge in [0.25, 0.3) is 0 Å². The van der Waals surface area contributed by atoms with Crippen LogP contribution in [0.3, 0.4) is 0 Å². The minimum atomic E-state index is -0.521. The molecule has 1 saturated carbocycles. The van der Waals surface area contributed by atoms with Crippen molar-refractivity contribution < 1.29 is 9.53 Å². The standard InChI is InChI=1S/C27H31BrN8O2/c1-27(2,3)38-26(37)33-20-12-11-19(14-20)32-24-34-23-21(28)16-31-36(23)25(35-24)30-15-17-7-9-18(10-8-17)22-6-4-5-13-29-22/h4-10,13,16,19-20H,11-12,14-15H2,1-3H3,(H,33,37)(H2,30,32,34,35)/t19-,20-/m0/s1. The number of ether oxygens (including phenoxy) is 1. The maximum absolute atomic E-state index is 12.2. The van der Waals surface area contributed by atoms with Crippen LogP contribution in [0.25, 0.3) is 16.9 Å². The highest BCUT2D eigenvalue weighted by Gasteiger charge is 2.28. The third kappa shape index (κ3) is 6.39. The highest BCUT2D eigenvalue weighted by atomic mass is 79.9. The number of rotatable bonds is 7. The number of halogens is 1. The summed E-state index contributed by atoms with van der Waals surface area (Å²) < 4.78 is 7.85. The summed E-state index contributed by atoms with van der Waals surface area (Å²) in [7, 11) is 0. The maximum Gasteiger partial charge on any atom is 0.407 e. The second-order valence-corrected chi connectivity index (χ2v) is 11.2. The number of carbonyl (C=O) groups excluding carboxylic acids is 1. The third-order valence-corrected chi connectivity index (χ3v) is 6.74. The normalized spacial score (nSPS) is 17.4. The van der Waals surface area contributed by atoms with Crippen molar-refractivity contribution in [3.63, 3.8) is 0 Å². The molecule has 38 heavy (non-hydrogen) atoms. The number of alkyl carbamates (subject to hydrolysis) is 1. The van der Waals surface area contributed by atoms with E-state index >= 15 is 0 Å². The molecule has 3 heterocycles. The molecule has 0 unspecified atom stereocenters. The number of pyridine rings is 1. The Hall–Kier alpha value is -3.73. The zero-order valence-corrected chi connectivity index (χ0v) is 23.2. The van der Waals surface area contributed by atoms with Crippen LogP contribution in [0.2, 0.25) is 0 Å². The third-order valence-electron chi connectivity index (χ3n) is 6.18. The molecule has 2 atom stereocenters. The average molecular weight is 580 g/mol. The fourth-order valence-electron chi connectivity index (χ4n) is 4.44. The van der Waals surface area contributed by atoms with Gasteiger partial charge in [0.15, 0.2) is 5.65 Å². The minimum Gasteiger partial charge on any atom is -0.444 e. The Kier molecular flexibility index (Phi) is 7.46. The first-order valence-corrected chi connectivity index (χ1v) is 13.4. The number of fused-ring (bicyclic) bond motifs is 1. The van der Waals surface area contributed by atoms with Gasteiger partial charge >= 0.3 is 6.09 Å². The molecule has 0 bridgehead atoms. The number of benzene rings is 1. The Morgan fingerprint density at radius 1 is 1.11 bits per heavy atom. The molecule has 3 aromatic heterocycles. The van der Waals surface area contributed by atoms with Crippen LogP contribution in [0, 0.1) is 0 Å². The van der Waals surface area contributed by atoms with Gasteiger partial charge in [0, 0.05) is 30.4 Å². The van der Waals surface area contributed by atoms with Crippen molar-refractivity contribution in [2.45, 2.75) is 64.3 Å². The van der Waals surface area contributed by atoms with Crippen molar-refractivity contribution in [1.29, 1.82) is 0 Å². The zero-order chi connectivity index (χ0) is 26.7. The molecule has 0 aliphatic heterocycles. The molecule has 1 amide bonds. The van der Waals surface area contributed by atoms with Crippen LogP contribution >= 0.6 is 15.9 Å². The molecular weight excluding hydrogens is 548 g/mol. The van der Waals surface area contributed by atoms with Crippen LogP contribution in [0.15, 0.2) is 59.3 Å². The first kappa shape index (κ1) is 25.9. The van der Waals surface area contributed by atoms with Gasteiger partial charge in [0.2, 0.25) is 11.9 Å². The highest BCUT2D eigenvalue weighted by Crippen LogP contribution is 2.25. The van der Waals surface area contributed by atoms with Crippen LogP contribution in [0.5, 0.6) is 0 Å². The fraction of sp³-hybridized carbons (Fsp3) is 0.370. The van der Waals surface area contributed by atoms with Crippen molar-refractivity contribution in [3.05, 3.63) is 64.9 Å². The van der Waals surface area contributed by atoms with Gasteiger partial charge in [-0.25, -0.2) is 4.79 Å². The van der Waals surface area contributed by atoms with E-state index in [1.165, 1.54) is 0 Å². The van der Waals surface area contributed by atoms with Crippen LogP contribution in [-0.4, -0.2) is 48.3 Å². The van der Waals surface area contributed by atoms with E-state index in [-0.39, 0.29) is 18.2 Å². The summed E-state index contributed by atoms with van der Waals surface area (Å²) in [5, 5.41) is 14.2. The van der Waals surface area contributed by atoms with Crippen molar-refractivity contribution in [2.75, 3.05) is 10.6 Å². The molecule has 0 spiro atoms. The van der Waals surface area contributed by atoms with Crippen LogP contribution in [-0.2, 0) is 11.3 Å². The highest BCUT2D eigenvalue weighted by molar-refractivity contribution is 9.10. The zero-order valence-electron chi connectivity index (χ0n) is 21.6. The second kappa shape index (κ2) is 10.9. The molecule has 4 aromatic rings. The van der Waals surface area contributed by atoms with E-state index < -0.39 is 5.60 Å². The summed E-state index contributed by atoms with van der Waals surface area (Å²) in [5.74, 6) is 1.09. The molecule has 1 fully saturated rings. The number of hydrogen-bond acceptors (Lipinski definition) is 8. The Balaban J connectivity index is 1.25. The molecule has 198 valence electrons. The topological polar surface area (TPSA) is 118 Å². The Morgan fingerprint density at radius 2 is 1.89 bits per heavy atom. The van der Waals surface area contributed by atoms with E-state index in [9.17, 15) is 4.79 Å². The maximum atomic E-state index is 12.2. The monoisotopic (exact) mass is 578 g/mol. The molecule has 1 aromatic carbocycles. The number of carbonyl (C=O) groups is 1. The van der Waals surface area contributed by atoms with E-state index in [1.54, 1.807) is 16.9 Å². The summed E-state index contributed by atoms with van der Waals surface area (Å²) in [6, 6.07) is 14.3. The number of aromatic nitrogens is 5. The van der Waals surface area contributed by atoms with E-state index in [0.29, 0.717) is 24.1 Å². The summed E-state index contributed by atoms with van der Waals surface area (Å²) >= 11 is 3.54. The summed E-state index contributed by atoms with van der Waals surface area (Å²) in [5.41, 5.74) is 3.25. The average Bonchev–Trinajstić information content (AvgIpc) is 3.48. The lowest BCUT2D eigenvalue weighted by molar-refractivity contribution is 0.0505. The van der Waals surface area contributed by atoms with Gasteiger partial charge in [0.1, 0.15) is 5.60 Å². The van der Waals surface area contributed by atoms with Gasteiger partial charge in [-0.1, -0.05) is 30.3 Å². The number of anilines is 2. The second-order valence-electron chi connectivity index (χ2n) is 10.4. The Morgan fingerprint density at radius 3 is 2.63 bits per heavy atom. The number of hydrogen-bond donors (Lipinski definition) is 3. The molecule has 10 nitrogen and oxygen atoms in total. The molecule has 1 aliphatic carbocycles. The summed E-state index contributed by atoms with van der Waals surface area (Å²) in [4.78, 5) is 25.9. The van der Waals surface area contributed by atoms with E-state index in [2.05, 4.69) is 71.2 Å². The van der Waals surface area contributed by atoms with Crippen molar-refractivity contribution >= 4 is 39.6 Å². The fourth-order valence-corrected chi connectivity index (χ4v) is 4.79. The van der Waals surface area contributed by atoms with E-state index in [4.69, 9.17) is 9.72 Å². The van der Waals surface area contributed by atoms with Gasteiger partial charge in [-0.2, -0.15) is 19.6 Å². The molecule has 0 radical (unpaired) electrons. The Labute approximate surface area is 229 Å². The van der Waals surface area contributed by atoms with Crippen molar-refractivity contribution in [2.24, 2.45) is 0 Å². The van der Waals surface area contributed by atoms with Crippen molar-refractivity contribution in [3.8, 4) is 11.3 Å². The molecule has 11 heteroatoms. The predicted molar refractivity (Wildman–Crippen MR) is 150 cm³/mol. The SMILES string of the molecule is CC(C)(C)OC(=O)N[C@H]1CC[C@H](Nc2nc(NCc3ccc(-c4ccccn4)cc3)n3ncc(Br)c3n2)C1. The Bertz CT molecular complexity index is 1400. The quantitative estimate of drug-likeness (QED) is 0.266. The molecule has 3 N–H and O–H groups in total. The first-order valence-electron chi connectivity index (χ1n) is 12.6. The summed E-state index contributed by atoms with van der Waals surface area (Å²) in [6.45, 7) is 6.14. The smallest absolute Gasteiger partial charge is 0.407 e. The van der Waals surface area contributed by atoms with Gasteiger partial charge in [-0.05, 0) is 73.7 Å². The lowest BCUT2D eigenvalue weighted by Crippen LogP contribution is -2.38. The molecular formula is C27H31BrN8O2. The molecule has 0 saturated heterocycles. The number of nitrogens with zero attached hydrogens (tertiary/aromatic N) is 5. The molecule has 1 aliphatic rings. The minimum absolute atomic E-state index is 0.0411. The summed E-state index contributed by atoms with van der Waals surface area (Å²) in [6.07, 6.45) is 5.62. The van der Waals surface area contributed by atoms with Crippen LogP contribution in [0.1, 0.15) is 45.6 Å². The predicted octanol–water partition coefficient (Wildman–Crippen LogP) is 5.42. The van der Waals surface area contributed by atoms with Crippen molar-refractivity contribution in [1.82, 2.24) is 29.9 Å². The van der Waals surface area contributed by atoms with Crippen LogP contribution < -0.4 is 16.0 Å². The van der Waals surface area contributed by atoms with Gasteiger partial charge in [-0.3, -0.25) is 4.98 Å². The largest absolute Gasteiger partial charge is 0.444 e. The van der Waals surface area contributed by atoms with Crippen LogP contribution in [0.4, 0.5) is 16.7 Å². The lowest BCUT2D eigenvalue weighted by Gasteiger charge is -2.21. The van der Waals surface area contributed by atoms with Gasteiger partial charge in [-0.15, -0.1) is 0 Å². The lowest BCUT2D eigenvalue weighted by atomic mass is 10.1. The number of nitrogens with one attached hydrogen (secondary N) is 3. The first-order chi connectivity index (χ1) is 18.2. The van der Waals surface area contributed by atoms with Gasteiger partial charge in [0.05, 0.1) is 16.4 Å².